The molecule has 1 amide bonds. The molecule has 1 aliphatic rings. The molecule has 2 aromatic rings. The van der Waals surface area contributed by atoms with E-state index in [-0.39, 0.29) is 22.5 Å². The number of hydrogen-bond acceptors (Lipinski definition) is 6. The maximum atomic E-state index is 12.7. The highest BCUT2D eigenvalue weighted by Gasteiger charge is 2.38. The molecule has 0 aliphatic carbocycles. The van der Waals surface area contributed by atoms with E-state index in [9.17, 15) is 13.2 Å². The molecular formula is C17H22N4O4S. The summed E-state index contributed by atoms with van der Waals surface area (Å²) in [6.07, 6.45) is 0. The van der Waals surface area contributed by atoms with Crippen molar-refractivity contribution >= 4 is 21.6 Å². The molecule has 26 heavy (non-hydrogen) atoms. The van der Waals surface area contributed by atoms with Gasteiger partial charge in [-0.3, -0.25) is 14.9 Å². The van der Waals surface area contributed by atoms with Crippen LogP contribution in [0, 0.1) is 12.8 Å². The van der Waals surface area contributed by atoms with Crippen molar-refractivity contribution in [2.75, 3.05) is 25.4 Å². The van der Waals surface area contributed by atoms with Gasteiger partial charge in [-0.15, -0.1) is 0 Å². The highest BCUT2D eigenvalue weighted by atomic mass is 32.2. The second-order valence-corrected chi connectivity index (χ2v) is 8.03. The zero-order chi connectivity index (χ0) is 18.9. The number of aryl methyl sites for hydroxylation is 1. The lowest BCUT2D eigenvalue weighted by atomic mass is 9.98. The van der Waals surface area contributed by atoms with Gasteiger partial charge in [-0.05, 0) is 19.1 Å². The van der Waals surface area contributed by atoms with Crippen LogP contribution in [0.2, 0.25) is 0 Å². The molecule has 1 saturated heterocycles. The number of hydrogen-bond donors (Lipinski definition) is 3. The van der Waals surface area contributed by atoms with E-state index in [4.69, 9.17) is 4.42 Å². The van der Waals surface area contributed by atoms with Gasteiger partial charge in [0.1, 0.15) is 16.4 Å². The summed E-state index contributed by atoms with van der Waals surface area (Å²) in [6.45, 7) is 2.03. The third kappa shape index (κ3) is 3.59. The Kier molecular flexibility index (Phi) is 5.03. The van der Waals surface area contributed by atoms with Crippen molar-refractivity contribution < 1.29 is 17.6 Å². The maximum absolute atomic E-state index is 12.7. The molecule has 140 valence electrons. The Morgan fingerprint density at radius 3 is 2.62 bits per heavy atom. The molecule has 2 unspecified atom stereocenters. The molecule has 3 N–H and O–H groups in total. The molecule has 2 atom stereocenters. The minimum Gasteiger partial charge on any atom is -0.463 e. The van der Waals surface area contributed by atoms with Crippen molar-refractivity contribution in [3.05, 3.63) is 47.9 Å². The van der Waals surface area contributed by atoms with Crippen molar-refractivity contribution in [1.29, 1.82) is 0 Å². The third-order valence-electron chi connectivity index (χ3n) is 4.25. The zero-order valence-electron chi connectivity index (χ0n) is 14.8. The number of rotatable bonds is 5. The fourth-order valence-electron chi connectivity index (χ4n) is 2.95. The van der Waals surface area contributed by atoms with E-state index in [0.29, 0.717) is 18.0 Å². The highest BCUT2D eigenvalue weighted by molar-refractivity contribution is 7.92. The molecule has 3 rings (SSSR count). The zero-order valence-corrected chi connectivity index (χ0v) is 15.6. The van der Waals surface area contributed by atoms with Crippen LogP contribution in [0.1, 0.15) is 17.6 Å². The summed E-state index contributed by atoms with van der Waals surface area (Å²) in [7, 11) is -0.423. The second-order valence-electron chi connectivity index (χ2n) is 6.38. The number of carbonyl (C=O) groups is 1. The second kappa shape index (κ2) is 7.10. The summed E-state index contributed by atoms with van der Waals surface area (Å²) in [5.74, 6) is 0.232. The average Bonchev–Trinajstić information content (AvgIpc) is 3.21. The minimum absolute atomic E-state index is 0.0566. The van der Waals surface area contributed by atoms with E-state index in [2.05, 4.69) is 15.6 Å². The van der Waals surface area contributed by atoms with E-state index in [1.54, 1.807) is 51.4 Å². The number of carbonyl (C=O) groups excluding carboxylic acids is 1. The van der Waals surface area contributed by atoms with Crippen LogP contribution in [-0.2, 0) is 14.8 Å². The van der Waals surface area contributed by atoms with E-state index in [1.165, 1.54) is 11.0 Å². The lowest BCUT2D eigenvalue weighted by Gasteiger charge is -2.19. The molecule has 1 aromatic heterocycles. The quantitative estimate of drug-likeness (QED) is 0.723. The molecule has 1 aliphatic heterocycles. The molecule has 0 bridgehead atoms. The Morgan fingerprint density at radius 1 is 1.27 bits per heavy atom. The van der Waals surface area contributed by atoms with Crippen LogP contribution in [0.15, 0.2) is 45.7 Å². The summed E-state index contributed by atoms with van der Waals surface area (Å²) in [6, 6.07) is 9.67. The van der Waals surface area contributed by atoms with Crippen molar-refractivity contribution in [2.45, 2.75) is 17.9 Å². The fraction of sp³-hybridized carbons (Fsp3) is 0.353. The monoisotopic (exact) mass is 378 g/mol. The van der Waals surface area contributed by atoms with Crippen LogP contribution in [0.5, 0.6) is 0 Å². The van der Waals surface area contributed by atoms with Crippen molar-refractivity contribution in [1.82, 2.24) is 15.8 Å². The summed E-state index contributed by atoms with van der Waals surface area (Å²) in [5, 5.41) is 0. The lowest BCUT2D eigenvalue weighted by Crippen LogP contribution is -2.34. The van der Waals surface area contributed by atoms with Crippen molar-refractivity contribution in [3.8, 4) is 0 Å². The van der Waals surface area contributed by atoms with E-state index >= 15 is 0 Å². The molecule has 1 fully saturated rings. The van der Waals surface area contributed by atoms with Gasteiger partial charge in [0.15, 0.2) is 0 Å². The Bertz CT molecular complexity index is 893. The van der Waals surface area contributed by atoms with Gasteiger partial charge in [0.2, 0.25) is 5.91 Å². The first-order valence-corrected chi connectivity index (χ1v) is 9.65. The maximum Gasteiger partial charge on any atom is 0.265 e. The molecule has 2 heterocycles. The van der Waals surface area contributed by atoms with Gasteiger partial charge in [0.25, 0.3) is 10.0 Å². The predicted molar refractivity (Wildman–Crippen MR) is 96.8 cm³/mol. The number of nitrogens with one attached hydrogen (secondary N) is 3. The van der Waals surface area contributed by atoms with Gasteiger partial charge in [-0.2, -0.15) is 0 Å². The molecule has 1 aromatic carbocycles. The average molecular weight is 378 g/mol. The van der Waals surface area contributed by atoms with Gasteiger partial charge in [0.05, 0.1) is 12.0 Å². The number of para-hydroxylation sites is 1. The van der Waals surface area contributed by atoms with E-state index in [1.807, 2.05) is 0 Å². The first-order valence-electron chi connectivity index (χ1n) is 8.17. The van der Waals surface area contributed by atoms with E-state index < -0.39 is 16.1 Å². The van der Waals surface area contributed by atoms with Crippen LogP contribution in [0.4, 0.5) is 5.69 Å². The van der Waals surface area contributed by atoms with E-state index in [0.717, 1.165) is 0 Å². The number of hydrazine groups is 1. The van der Waals surface area contributed by atoms with Gasteiger partial charge in [-0.1, -0.05) is 18.2 Å². The molecular weight excluding hydrogens is 356 g/mol. The summed E-state index contributed by atoms with van der Waals surface area (Å²) < 4.78 is 33.6. The first-order chi connectivity index (χ1) is 12.3. The van der Waals surface area contributed by atoms with Gasteiger partial charge >= 0.3 is 0 Å². The normalized spacial score (nSPS) is 20.1. The molecule has 9 heteroatoms. The van der Waals surface area contributed by atoms with Gasteiger partial charge in [-0.25, -0.2) is 13.8 Å². The van der Waals surface area contributed by atoms with Crippen LogP contribution in [0.25, 0.3) is 0 Å². The SMILES string of the molecule is Cc1oc(C2NNCC2C(=O)N(C)C)cc1S(=O)(=O)Nc1ccccc1. The Balaban J connectivity index is 1.88. The minimum atomic E-state index is -3.79. The third-order valence-corrected chi connectivity index (χ3v) is 5.74. The fourth-order valence-corrected chi connectivity index (χ4v) is 4.20. The lowest BCUT2D eigenvalue weighted by molar-refractivity contribution is -0.133. The molecule has 8 nitrogen and oxygen atoms in total. The smallest absolute Gasteiger partial charge is 0.265 e. The van der Waals surface area contributed by atoms with Gasteiger partial charge in [0, 0.05) is 32.4 Å². The topological polar surface area (TPSA) is 104 Å². The Labute approximate surface area is 152 Å². The number of anilines is 1. The number of furan rings is 1. The molecule has 0 saturated carbocycles. The molecule has 0 radical (unpaired) electrons. The van der Waals surface area contributed by atoms with Crippen molar-refractivity contribution in [2.24, 2.45) is 5.92 Å². The number of benzene rings is 1. The van der Waals surface area contributed by atoms with Crippen LogP contribution in [-0.4, -0.2) is 39.9 Å². The van der Waals surface area contributed by atoms with Crippen molar-refractivity contribution in [3.63, 3.8) is 0 Å². The van der Waals surface area contributed by atoms with Gasteiger partial charge < -0.3 is 9.32 Å². The number of nitrogens with zero attached hydrogens (tertiary/aromatic N) is 1. The Morgan fingerprint density at radius 2 is 1.96 bits per heavy atom. The summed E-state index contributed by atoms with van der Waals surface area (Å²) >= 11 is 0. The summed E-state index contributed by atoms with van der Waals surface area (Å²) in [4.78, 5) is 13.9. The number of amides is 1. The predicted octanol–water partition coefficient (Wildman–Crippen LogP) is 1.24. The van der Waals surface area contributed by atoms with Crippen LogP contribution >= 0.6 is 0 Å². The summed E-state index contributed by atoms with van der Waals surface area (Å²) in [5.41, 5.74) is 6.40. The first kappa shape index (κ1) is 18.4. The van der Waals surface area contributed by atoms with Crippen LogP contribution in [0.3, 0.4) is 0 Å². The standard InChI is InChI=1S/C17H22N4O4S/c1-11-15(26(23,24)20-12-7-5-4-6-8-12)9-14(25-11)16-13(10-18-19-16)17(22)21(2)3/h4-9,13,16,18-20H,10H2,1-3H3. The highest BCUT2D eigenvalue weighted by Crippen LogP contribution is 2.31. The Hall–Kier alpha value is -2.36. The largest absolute Gasteiger partial charge is 0.463 e. The van der Waals surface area contributed by atoms with Crippen LogP contribution < -0.4 is 15.6 Å². The number of sulfonamides is 1. The molecule has 0 spiro atoms.